The number of aromatic nitrogens is 2. The summed E-state index contributed by atoms with van der Waals surface area (Å²) in [5.41, 5.74) is 5.27. The molecule has 2 N–H and O–H groups in total. The molecule has 3 rings (SSSR count). The summed E-state index contributed by atoms with van der Waals surface area (Å²) >= 11 is 5.95. The highest BCUT2D eigenvalue weighted by atomic mass is 35.5. The van der Waals surface area contributed by atoms with E-state index < -0.39 is 17.6 Å². The van der Waals surface area contributed by atoms with Crippen LogP contribution in [0.4, 0.5) is 18.9 Å². The second-order valence-corrected chi connectivity index (χ2v) is 5.97. The van der Waals surface area contributed by atoms with Crippen LogP contribution in [0, 0.1) is 11.3 Å². The summed E-state index contributed by atoms with van der Waals surface area (Å²) in [6.07, 6.45) is -2.47. The van der Waals surface area contributed by atoms with Gasteiger partial charge in [-0.25, -0.2) is 4.98 Å². The second kappa shape index (κ2) is 7.62. The molecule has 0 aliphatic heterocycles. The van der Waals surface area contributed by atoms with E-state index in [1.807, 2.05) is 6.07 Å². The van der Waals surface area contributed by atoms with Gasteiger partial charge in [-0.1, -0.05) is 11.6 Å². The SMILES string of the molecule is N#Cc1ccc(NNC(=O)c2cccn2-c2ncc(C(F)(F)F)cc2Cl)cc1. The first-order valence-corrected chi connectivity index (χ1v) is 8.14. The van der Waals surface area contributed by atoms with Gasteiger partial charge in [0.15, 0.2) is 5.82 Å². The van der Waals surface area contributed by atoms with E-state index in [4.69, 9.17) is 16.9 Å². The number of rotatable bonds is 4. The summed E-state index contributed by atoms with van der Waals surface area (Å²) < 4.78 is 39.6. The molecule has 6 nitrogen and oxygen atoms in total. The first-order chi connectivity index (χ1) is 13.3. The Labute approximate surface area is 162 Å². The highest BCUT2D eigenvalue weighted by Crippen LogP contribution is 2.32. The largest absolute Gasteiger partial charge is 0.417 e. The molecule has 10 heteroatoms. The monoisotopic (exact) mass is 405 g/mol. The van der Waals surface area contributed by atoms with E-state index >= 15 is 0 Å². The van der Waals surface area contributed by atoms with Gasteiger partial charge in [0.05, 0.1) is 27.9 Å². The fraction of sp³-hybridized carbons (Fsp3) is 0.0556. The Balaban J connectivity index is 1.79. The molecule has 0 bridgehead atoms. The molecule has 0 unspecified atom stereocenters. The van der Waals surface area contributed by atoms with Crippen molar-refractivity contribution < 1.29 is 18.0 Å². The van der Waals surface area contributed by atoms with Gasteiger partial charge in [0.25, 0.3) is 5.91 Å². The number of nitriles is 1. The van der Waals surface area contributed by atoms with Crippen LogP contribution in [0.2, 0.25) is 5.02 Å². The van der Waals surface area contributed by atoms with Gasteiger partial charge in [-0.15, -0.1) is 0 Å². The number of nitrogens with zero attached hydrogens (tertiary/aromatic N) is 3. The third-order valence-corrected chi connectivity index (χ3v) is 3.97. The zero-order valence-corrected chi connectivity index (χ0v) is 14.7. The van der Waals surface area contributed by atoms with Gasteiger partial charge in [-0.3, -0.25) is 20.2 Å². The minimum Gasteiger partial charge on any atom is -0.298 e. The number of carbonyl (C=O) groups is 1. The van der Waals surface area contributed by atoms with Crippen LogP contribution in [-0.4, -0.2) is 15.5 Å². The number of alkyl halides is 3. The first kappa shape index (κ1) is 19.3. The number of pyridine rings is 1. The number of hydrogen-bond donors (Lipinski definition) is 2. The summed E-state index contributed by atoms with van der Waals surface area (Å²) in [6, 6.07) is 12.1. The van der Waals surface area contributed by atoms with Crippen molar-refractivity contribution in [2.75, 3.05) is 5.43 Å². The first-order valence-electron chi connectivity index (χ1n) is 7.76. The van der Waals surface area contributed by atoms with Crippen molar-refractivity contribution in [1.82, 2.24) is 15.0 Å². The number of amides is 1. The lowest BCUT2D eigenvalue weighted by Crippen LogP contribution is -2.31. The summed E-state index contributed by atoms with van der Waals surface area (Å²) in [4.78, 5) is 16.2. The molecule has 0 aliphatic rings. The Morgan fingerprint density at radius 3 is 2.54 bits per heavy atom. The molecular weight excluding hydrogens is 395 g/mol. The molecule has 0 radical (unpaired) electrons. The molecule has 0 saturated carbocycles. The Hall–Kier alpha value is -3.51. The van der Waals surface area contributed by atoms with Crippen molar-refractivity contribution in [3.8, 4) is 11.9 Å². The third kappa shape index (κ3) is 4.07. The summed E-state index contributed by atoms with van der Waals surface area (Å²) in [5.74, 6) is -0.574. The van der Waals surface area contributed by atoms with Gasteiger partial charge in [0, 0.05) is 12.4 Å². The molecule has 1 amide bonds. The van der Waals surface area contributed by atoms with Crippen molar-refractivity contribution in [2.24, 2.45) is 0 Å². The van der Waals surface area contributed by atoms with Crippen molar-refractivity contribution >= 4 is 23.2 Å². The standard InChI is InChI=1S/C18H11ClF3N5O/c19-14-8-12(18(20,21)22)10-24-16(14)27-7-1-2-15(27)17(28)26-25-13-5-3-11(9-23)4-6-13/h1-8,10,25H,(H,26,28). The Morgan fingerprint density at radius 1 is 1.21 bits per heavy atom. The third-order valence-electron chi connectivity index (χ3n) is 3.69. The average molecular weight is 406 g/mol. The zero-order valence-electron chi connectivity index (χ0n) is 14.0. The molecule has 142 valence electrons. The molecule has 0 saturated heterocycles. The zero-order chi connectivity index (χ0) is 20.3. The van der Waals surface area contributed by atoms with Crippen molar-refractivity contribution in [3.05, 3.63) is 76.7 Å². The maximum atomic E-state index is 12.8. The molecule has 0 fully saturated rings. The second-order valence-electron chi connectivity index (χ2n) is 5.56. The van der Waals surface area contributed by atoms with E-state index in [0.29, 0.717) is 17.4 Å². The van der Waals surface area contributed by atoms with E-state index in [2.05, 4.69) is 15.8 Å². The predicted octanol–water partition coefficient (Wildman–Crippen LogP) is 4.17. The van der Waals surface area contributed by atoms with Crippen LogP contribution in [0.5, 0.6) is 0 Å². The smallest absolute Gasteiger partial charge is 0.298 e. The quantitative estimate of drug-likeness (QED) is 0.638. The average Bonchev–Trinajstić information content (AvgIpc) is 3.15. The fourth-order valence-electron chi connectivity index (χ4n) is 2.33. The number of nitrogens with one attached hydrogen (secondary N) is 2. The molecule has 2 aromatic heterocycles. The molecular formula is C18H11ClF3N5O. The lowest BCUT2D eigenvalue weighted by atomic mass is 10.2. The minimum absolute atomic E-state index is 0.0109. The Morgan fingerprint density at radius 2 is 1.93 bits per heavy atom. The van der Waals surface area contributed by atoms with Gasteiger partial charge < -0.3 is 0 Å². The number of benzene rings is 1. The van der Waals surface area contributed by atoms with E-state index in [9.17, 15) is 18.0 Å². The predicted molar refractivity (Wildman–Crippen MR) is 95.8 cm³/mol. The highest BCUT2D eigenvalue weighted by Gasteiger charge is 2.32. The maximum Gasteiger partial charge on any atom is 0.417 e. The topological polar surface area (TPSA) is 82.7 Å². The number of halogens is 4. The van der Waals surface area contributed by atoms with E-state index in [1.54, 1.807) is 24.3 Å². The number of hydrazine groups is 1. The minimum atomic E-state index is -4.57. The van der Waals surface area contributed by atoms with Gasteiger partial charge in [-0.2, -0.15) is 18.4 Å². The Kier molecular flexibility index (Phi) is 5.24. The summed E-state index contributed by atoms with van der Waals surface area (Å²) in [5, 5.41) is 8.52. The van der Waals surface area contributed by atoms with E-state index in [-0.39, 0.29) is 16.5 Å². The van der Waals surface area contributed by atoms with Crippen molar-refractivity contribution in [2.45, 2.75) is 6.18 Å². The van der Waals surface area contributed by atoms with Crippen LogP contribution in [0.3, 0.4) is 0 Å². The van der Waals surface area contributed by atoms with Crippen LogP contribution in [-0.2, 0) is 6.18 Å². The number of anilines is 1. The van der Waals surface area contributed by atoms with Gasteiger partial charge >= 0.3 is 6.18 Å². The summed E-state index contributed by atoms with van der Waals surface area (Å²) in [6.45, 7) is 0. The van der Waals surface area contributed by atoms with Crippen molar-refractivity contribution in [1.29, 1.82) is 5.26 Å². The lowest BCUT2D eigenvalue weighted by Gasteiger charge is -2.13. The Bertz CT molecular complexity index is 1050. The number of hydrogen-bond acceptors (Lipinski definition) is 4. The van der Waals surface area contributed by atoms with Crippen molar-refractivity contribution in [3.63, 3.8) is 0 Å². The fourth-order valence-corrected chi connectivity index (χ4v) is 2.59. The van der Waals surface area contributed by atoms with Gasteiger partial charge in [0.1, 0.15) is 5.69 Å². The van der Waals surface area contributed by atoms with E-state index in [0.717, 1.165) is 6.07 Å². The highest BCUT2D eigenvalue weighted by molar-refractivity contribution is 6.32. The number of carbonyl (C=O) groups excluding carboxylic acids is 1. The summed E-state index contributed by atoms with van der Waals surface area (Å²) in [7, 11) is 0. The lowest BCUT2D eigenvalue weighted by molar-refractivity contribution is -0.137. The normalized spacial score (nSPS) is 11.0. The van der Waals surface area contributed by atoms with Gasteiger partial charge in [0.2, 0.25) is 0 Å². The molecule has 2 heterocycles. The van der Waals surface area contributed by atoms with E-state index in [1.165, 1.54) is 22.9 Å². The molecule has 28 heavy (non-hydrogen) atoms. The molecule has 0 atom stereocenters. The molecule has 3 aromatic rings. The van der Waals surface area contributed by atoms with Crippen LogP contribution in [0.25, 0.3) is 5.82 Å². The molecule has 0 aliphatic carbocycles. The molecule has 1 aromatic carbocycles. The molecule has 0 spiro atoms. The van der Waals surface area contributed by atoms with Crippen LogP contribution < -0.4 is 10.9 Å². The maximum absolute atomic E-state index is 12.8. The van der Waals surface area contributed by atoms with Gasteiger partial charge in [-0.05, 0) is 42.5 Å². The van der Waals surface area contributed by atoms with Crippen LogP contribution in [0.15, 0.2) is 54.9 Å². The van der Waals surface area contributed by atoms with Crippen LogP contribution in [0.1, 0.15) is 21.6 Å². The van der Waals surface area contributed by atoms with Crippen LogP contribution >= 0.6 is 11.6 Å².